The Kier molecular flexibility index (Phi) is 14.3. The molecular weight excluding hydrogens is 228 g/mol. The average molecular weight is 262 g/mol. The van der Waals surface area contributed by atoms with Crippen molar-refractivity contribution in [1.29, 1.82) is 0 Å². The second-order valence-corrected chi connectivity index (χ2v) is 4.80. The highest BCUT2D eigenvalue weighted by atomic mass is 13.9. The molecule has 0 radical (unpaired) electrons. The fourth-order valence-corrected chi connectivity index (χ4v) is 1.49. The molecule has 0 aliphatic rings. The Labute approximate surface area is 121 Å². The van der Waals surface area contributed by atoms with Crippen molar-refractivity contribution in [3.63, 3.8) is 0 Å². The molecule has 0 aliphatic heterocycles. The first-order chi connectivity index (χ1) is 9.06. The van der Waals surface area contributed by atoms with E-state index in [0.717, 1.165) is 5.92 Å². The van der Waals surface area contributed by atoms with Gasteiger partial charge < -0.3 is 0 Å². The average Bonchev–Trinajstić information content (AvgIpc) is 2.48. The van der Waals surface area contributed by atoms with Gasteiger partial charge in [0, 0.05) is 0 Å². The summed E-state index contributed by atoms with van der Waals surface area (Å²) in [7, 11) is 0. The van der Waals surface area contributed by atoms with Gasteiger partial charge in [-0.25, -0.2) is 0 Å². The number of hydrogen-bond acceptors (Lipinski definition) is 0. The Bertz CT molecular complexity index is 404. The largest absolute Gasteiger partial charge is 0.0798 e. The van der Waals surface area contributed by atoms with Gasteiger partial charge in [-0.05, 0) is 37.1 Å². The van der Waals surface area contributed by atoms with Crippen LogP contribution in [0.25, 0.3) is 11.6 Å². The molecule has 110 valence electrons. The predicted molar refractivity (Wildman–Crippen MR) is 91.7 cm³/mol. The van der Waals surface area contributed by atoms with Crippen LogP contribution in [-0.2, 0) is 0 Å². The summed E-state index contributed by atoms with van der Waals surface area (Å²) in [6.45, 7) is 17.1. The Morgan fingerprint density at radius 3 is 1.79 bits per heavy atom. The van der Waals surface area contributed by atoms with E-state index in [0.29, 0.717) is 0 Å². The Morgan fingerprint density at radius 2 is 1.53 bits per heavy atom. The third kappa shape index (κ3) is 9.53. The molecule has 0 unspecified atom stereocenters. The molecule has 1 rings (SSSR count). The van der Waals surface area contributed by atoms with Crippen LogP contribution in [0.2, 0.25) is 0 Å². The van der Waals surface area contributed by atoms with Crippen LogP contribution in [0.5, 0.6) is 0 Å². The second kappa shape index (κ2) is 13.4. The highest BCUT2D eigenvalue weighted by molar-refractivity contribution is 5.40. The van der Waals surface area contributed by atoms with Crippen molar-refractivity contribution in [3.05, 3.63) is 34.7 Å². The SMILES string of the molecule is C/C=c1/ccccc1=C(C)C.CC.CCC(C)CC. The van der Waals surface area contributed by atoms with E-state index in [2.05, 4.69) is 71.9 Å². The number of benzene rings is 1. The monoisotopic (exact) mass is 262 g/mol. The third-order valence-electron chi connectivity index (χ3n) is 3.20. The maximum Gasteiger partial charge on any atom is -0.0201 e. The van der Waals surface area contributed by atoms with Crippen LogP contribution in [0, 0.1) is 5.92 Å². The van der Waals surface area contributed by atoms with E-state index in [4.69, 9.17) is 0 Å². The third-order valence-corrected chi connectivity index (χ3v) is 3.20. The Balaban J connectivity index is 0. The summed E-state index contributed by atoms with van der Waals surface area (Å²) in [6.07, 6.45) is 4.80. The summed E-state index contributed by atoms with van der Waals surface area (Å²) in [5.74, 6) is 0.935. The second-order valence-electron chi connectivity index (χ2n) is 4.80. The summed E-state index contributed by atoms with van der Waals surface area (Å²) in [5, 5.41) is 2.68. The first-order valence-corrected chi connectivity index (χ1v) is 7.75. The van der Waals surface area contributed by atoms with Gasteiger partial charge >= 0.3 is 0 Å². The predicted octanol–water partition coefficient (Wildman–Crippen LogP) is 5.15. The van der Waals surface area contributed by atoms with Crippen molar-refractivity contribution in [1.82, 2.24) is 0 Å². The first-order valence-electron chi connectivity index (χ1n) is 7.75. The maximum atomic E-state index is 2.28. The van der Waals surface area contributed by atoms with E-state index in [-0.39, 0.29) is 0 Å². The lowest BCUT2D eigenvalue weighted by Crippen LogP contribution is -2.24. The van der Waals surface area contributed by atoms with Crippen molar-refractivity contribution in [2.45, 2.75) is 68.2 Å². The minimum Gasteiger partial charge on any atom is -0.0798 e. The van der Waals surface area contributed by atoms with Crippen molar-refractivity contribution in [2.24, 2.45) is 5.92 Å². The molecule has 0 amide bonds. The van der Waals surface area contributed by atoms with Gasteiger partial charge in [0.2, 0.25) is 0 Å². The van der Waals surface area contributed by atoms with Gasteiger partial charge in [-0.2, -0.15) is 0 Å². The van der Waals surface area contributed by atoms with Gasteiger partial charge in [0.05, 0.1) is 0 Å². The summed E-state index contributed by atoms with van der Waals surface area (Å²) in [6, 6.07) is 8.45. The number of rotatable bonds is 2. The van der Waals surface area contributed by atoms with E-state index in [1.807, 2.05) is 13.8 Å². The lowest BCUT2D eigenvalue weighted by molar-refractivity contribution is 0.544. The van der Waals surface area contributed by atoms with Gasteiger partial charge in [-0.3, -0.25) is 0 Å². The summed E-state index contributed by atoms with van der Waals surface area (Å²) >= 11 is 0. The van der Waals surface area contributed by atoms with E-state index in [1.165, 1.54) is 28.9 Å². The fourth-order valence-electron chi connectivity index (χ4n) is 1.49. The molecule has 0 fully saturated rings. The van der Waals surface area contributed by atoms with Gasteiger partial charge in [0.1, 0.15) is 0 Å². The maximum absolute atomic E-state index is 2.28. The zero-order valence-corrected chi connectivity index (χ0v) is 14.4. The summed E-state index contributed by atoms with van der Waals surface area (Å²) in [5.41, 5.74) is 1.37. The molecule has 0 spiro atoms. The van der Waals surface area contributed by atoms with Crippen LogP contribution in [-0.4, -0.2) is 0 Å². The van der Waals surface area contributed by atoms with Crippen LogP contribution in [0.15, 0.2) is 24.3 Å². The topological polar surface area (TPSA) is 0 Å². The highest BCUT2D eigenvalue weighted by Gasteiger charge is 1.88. The van der Waals surface area contributed by atoms with E-state index < -0.39 is 0 Å². The van der Waals surface area contributed by atoms with Crippen LogP contribution in [0.1, 0.15) is 68.2 Å². The molecule has 0 heterocycles. The molecule has 0 saturated carbocycles. The minimum absolute atomic E-state index is 0.935. The van der Waals surface area contributed by atoms with Crippen molar-refractivity contribution in [3.8, 4) is 0 Å². The van der Waals surface area contributed by atoms with Crippen LogP contribution in [0.4, 0.5) is 0 Å². The Hall–Kier alpha value is -1.04. The zero-order chi connectivity index (χ0) is 15.3. The van der Waals surface area contributed by atoms with Crippen LogP contribution in [0.3, 0.4) is 0 Å². The molecule has 19 heavy (non-hydrogen) atoms. The molecule has 0 bridgehead atoms. The molecular formula is C19H34. The molecule has 0 heteroatoms. The van der Waals surface area contributed by atoms with Crippen molar-refractivity contribution in [2.75, 3.05) is 0 Å². The molecule has 0 aromatic heterocycles. The fraction of sp³-hybridized carbons (Fsp3) is 0.579. The molecule has 1 aromatic carbocycles. The minimum atomic E-state index is 0.935. The summed E-state index contributed by atoms with van der Waals surface area (Å²) < 4.78 is 0. The summed E-state index contributed by atoms with van der Waals surface area (Å²) in [4.78, 5) is 0. The van der Waals surface area contributed by atoms with Gasteiger partial charge in [-0.1, -0.05) is 83.4 Å². The van der Waals surface area contributed by atoms with Gasteiger partial charge in [-0.15, -0.1) is 0 Å². The molecule has 1 aromatic rings. The van der Waals surface area contributed by atoms with E-state index in [9.17, 15) is 0 Å². The molecule has 0 nitrogen and oxygen atoms in total. The molecule has 0 aliphatic carbocycles. The molecule has 0 atom stereocenters. The normalized spacial score (nSPS) is 10.3. The van der Waals surface area contributed by atoms with Crippen molar-refractivity contribution >= 4 is 11.6 Å². The number of hydrogen-bond donors (Lipinski definition) is 0. The molecule has 0 N–H and O–H groups in total. The van der Waals surface area contributed by atoms with E-state index in [1.54, 1.807) is 0 Å². The van der Waals surface area contributed by atoms with Crippen molar-refractivity contribution < 1.29 is 0 Å². The standard InChI is InChI=1S/C11H14.C6H14.C2H6/c1-4-10-7-5-6-8-11(10)9(2)3;1-4-6(3)5-2;1-2/h4-8H,1-3H3;6H,4-5H2,1-3H3;1-2H3/b10-4-;;. The smallest absolute Gasteiger partial charge is 0.0201 e. The Morgan fingerprint density at radius 1 is 1.05 bits per heavy atom. The zero-order valence-electron chi connectivity index (χ0n) is 14.4. The van der Waals surface area contributed by atoms with E-state index >= 15 is 0 Å². The lowest BCUT2D eigenvalue weighted by Gasteiger charge is -1.98. The van der Waals surface area contributed by atoms with Crippen LogP contribution < -0.4 is 10.4 Å². The quantitative estimate of drug-likeness (QED) is 0.692. The van der Waals surface area contributed by atoms with Crippen LogP contribution >= 0.6 is 0 Å². The highest BCUT2D eigenvalue weighted by Crippen LogP contribution is 2.02. The lowest BCUT2D eigenvalue weighted by atomic mass is 10.1. The van der Waals surface area contributed by atoms with Gasteiger partial charge in [0.25, 0.3) is 0 Å². The van der Waals surface area contributed by atoms with Gasteiger partial charge in [0.15, 0.2) is 0 Å². The molecule has 0 saturated heterocycles. The first kappa shape index (κ1) is 20.3.